The van der Waals surface area contributed by atoms with Crippen LogP contribution in [-0.4, -0.2) is 11.2 Å². The van der Waals surface area contributed by atoms with E-state index in [2.05, 4.69) is 12.1 Å². The van der Waals surface area contributed by atoms with Crippen LogP contribution in [0.1, 0.15) is 55.4 Å². The first-order chi connectivity index (χ1) is 10.1. The van der Waals surface area contributed by atoms with Crippen LogP contribution in [0.15, 0.2) is 48.5 Å². The van der Waals surface area contributed by atoms with Crippen LogP contribution in [0.2, 0.25) is 0 Å². The summed E-state index contributed by atoms with van der Waals surface area (Å²) in [5.41, 5.74) is 3.25. The third-order valence-corrected chi connectivity index (χ3v) is 3.88. The molecule has 110 valence electrons. The van der Waals surface area contributed by atoms with Crippen molar-refractivity contribution in [3.63, 3.8) is 0 Å². The Bertz CT molecular complexity index is 597. The fourth-order valence-corrected chi connectivity index (χ4v) is 2.71. The topological polar surface area (TPSA) is 29.5 Å². The zero-order valence-corrected chi connectivity index (χ0v) is 12.6. The summed E-state index contributed by atoms with van der Waals surface area (Å²) in [5.74, 6) is 1.48. The Kier molecular flexibility index (Phi) is 3.98. The molecule has 1 N–H and O–H groups in total. The third kappa shape index (κ3) is 3.27. The van der Waals surface area contributed by atoms with Crippen LogP contribution in [0.5, 0.6) is 5.75 Å². The Morgan fingerprint density at radius 2 is 1.67 bits per heavy atom. The SMILES string of the molecule is CC(C)Oc1ccc(C(O)c2ccccc2C2CC2)cc1. The van der Waals surface area contributed by atoms with E-state index in [-0.39, 0.29) is 6.10 Å². The molecule has 1 saturated carbocycles. The fourth-order valence-electron chi connectivity index (χ4n) is 2.71. The Morgan fingerprint density at radius 3 is 2.29 bits per heavy atom. The van der Waals surface area contributed by atoms with Gasteiger partial charge in [-0.2, -0.15) is 0 Å². The van der Waals surface area contributed by atoms with Gasteiger partial charge in [0.1, 0.15) is 11.9 Å². The average Bonchev–Trinajstić information content (AvgIpc) is 3.31. The van der Waals surface area contributed by atoms with Gasteiger partial charge in [0.05, 0.1) is 6.10 Å². The maximum absolute atomic E-state index is 10.7. The average molecular weight is 282 g/mol. The number of aliphatic hydroxyl groups excluding tert-OH is 1. The summed E-state index contributed by atoms with van der Waals surface area (Å²) < 4.78 is 5.64. The molecular weight excluding hydrogens is 260 g/mol. The third-order valence-electron chi connectivity index (χ3n) is 3.88. The Labute approximate surface area is 126 Å². The molecule has 0 aromatic heterocycles. The summed E-state index contributed by atoms with van der Waals surface area (Å²) >= 11 is 0. The van der Waals surface area contributed by atoms with Gasteiger partial charge in [-0.25, -0.2) is 0 Å². The van der Waals surface area contributed by atoms with Crippen LogP contribution < -0.4 is 4.74 Å². The molecular formula is C19H22O2. The maximum Gasteiger partial charge on any atom is 0.119 e. The molecule has 0 amide bonds. The number of benzene rings is 2. The highest BCUT2D eigenvalue weighted by molar-refractivity contribution is 5.40. The Balaban J connectivity index is 1.83. The Morgan fingerprint density at radius 1 is 1.00 bits per heavy atom. The lowest BCUT2D eigenvalue weighted by Gasteiger charge is -2.17. The smallest absolute Gasteiger partial charge is 0.119 e. The molecule has 0 radical (unpaired) electrons. The van der Waals surface area contributed by atoms with Crippen LogP contribution in [0, 0.1) is 0 Å². The summed E-state index contributed by atoms with van der Waals surface area (Å²) in [6.07, 6.45) is 2.08. The predicted molar refractivity (Wildman–Crippen MR) is 84.7 cm³/mol. The molecule has 0 spiro atoms. The highest BCUT2D eigenvalue weighted by Gasteiger charge is 2.27. The van der Waals surface area contributed by atoms with Crippen molar-refractivity contribution in [3.05, 3.63) is 65.2 Å². The molecule has 0 aliphatic heterocycles. The number of rotatable bonds is 5. The Hall–Kier alpha value is -1.80. The summed E-state index contributed by atoms with van der Waals surface area (Å²) in [5, 5.41) is 10.7. The first-order valence-corrected chi connectivity index (χ1v) is 7.68. The van der Waals surface area contributed by atoms with Gasteiger partial charge in [-0.3, -0.25) is 0 Å². The second-order valence-corrected chi connectivity index (χ2v) is 6.04. The van der Waals surface area contributed by atoms with Gasteiger partial charge in [-0.1, -0.05) is 36.4 Å². The van der Waals surface area contributed by atoms with Crippen molar-refractivity contribution in [2.45, 2.75) is 44.8 Å². The number of ether oxygens (including phenoxy) is 1. The van der Waals surface area contributed by atoms with E-state index in [0.717, 1.165) is 16.9 Å². The van der Waals surface area contributed by atoms with Crippen LogP contribution in [0.25, 0.3) is 0 Å². The molecule has 21 heavy (non-hydrogen) atoms. The van der Waals surface area contributed by atoms with Gasteiger partial charge in [0.15, 0.2) is 0 Å². The fraction of sp³-hybridized carbons (Fsp3) is 0.368. The minimum atomic E-state index is -0.560. The van der Waals surface area contributed by atoms with Crippen molar-refractivity contribution < 1.29 is 9.84 Å². The van der Waals surface area contributed by atoms with E-state index in [0.29, 0.717) is 5.92 Å². The first kappa shape index (κ1) is 14.2. The molecule has 1 aliphatic carbocycles. The lowest BCUT2D eigenvalue weighted by atomic mass is 9.94. The van der Waals surface area contributed by atoms with E-state index >= 15 is 0 Å². The van der Waals surface area contributed by atoms with Crippen LogP contribution in [0.4, 0.5) is 0 Å². The minimum absolute atomic E-state index is 0.163. The first-order valence-electron chi connectivity index (χ1n) is 7.68. The normalized spacial score (nSPS) is 16.0. The quantitative estimate of drug-likeness (QED) is 0.879. The number of hydrogen-bond acceptors (Lipinski definition) is 2. The minimum Gasteiger partial charge on any atom is -0.491 e. The van der Waals surface area contributed by atoms with Gasteiger partial charge in [-0.05, 0) is 61.4 Å². The summed E-state index contributed by atoms with van der Waals surface area (Å²) in [6, 6.07) is 16.0. The molecule has 1 unspecified atom stereocenters. The van der Waals surface area contributed by atoms with Crippen LogP contribution >= 0.6 is 0 Å². The predicted octanol–water partition coefficient (Wildman–Crippen LogP) is 4.43. The number of aliphatic hydroxyl groups is 1. The van der Waals surface area contributed by atoms with Gasteiger partial charge in [-0.15, -0.1) is 0 Å². The number of hydrogen-bond donors (Lipinski definition) is 1. The van der Waals surface area contributed by atoms with Crippen molar-refractivity contribution in [1.82, 2.24) is 0 Å². The molecule has 1 atom stereocenters. The van der Waals surface area contributed by atoms with Crippen LogP contribution in [-0.2, 0) is 0 Å². The summed E-state index contributed by atoms with van der Waals surface area (Å²) in [7, 11) is 0. The van der Waals surface area contributed by atoms with E-state index in [1.165, 1.54) is 18.4 Å². The monoisotopic (exact) mass is 282 g/mol. The zero-order valence-electron chi connectivity index (χ0n) is 12.6. The largest absolute Gasteiger partial charge is 0.491 e. The summed E-state index contributed by atoms with van der Waals surface area (Å²) in [6.45, 7) is 4.02. The second kappa shape index (κ2) is 5.90. The molecule has 2 nitrogen and oxygen atoms in total. The standard InChI is InChI=1S/C19H22O2/c1-13(2)21-16-11-9-15(10-12-16)19(20)18-6-4-3-5-17(18)14-7-8-14/h3-6,9-14,19-20H,7-8H2,1-2H3. The lowest BCUT2D eigenvalue weighted by Crippen LogP contribution is -2.06. The van der Waals surface area contributed by atoms with E-state index in [1.807, 2.05) is 50.2 Å². The zero-order chi connectivity index (χ0) is 14.8. The van der Waals surface area contributed by atoms with Crippen molar-refractivity contribution in [1.29, 1.82) is 0 Å². The highest BCUT2D eigenvalue weighted by atomic mass is 16.5. The van der Waals surface area contributed by atoms with Crippen molar-refractivity contribution in [2.24, 2.45) is 0 Å². The molecule has 3 rings (SSSR count). The molecule has 0 saturated heterocycles. The molecule has 2 heteroatoms. The van der Waals surface area contributed by atoms with Gasteiger partial charge in [0.25, 0.3) is 0 Å². The molecule has 1 aliphatic rings. The van der Waals surface area contributed by atoms with E-state index in [4.69, 9.17) is 4.74 Å². The van der Waals surface area contributed by atoms with E-state index < -0.39 is 6.10 Å². The van der Waals surface area contributed by atoms with Gasteiger partial charge >= 0.3 is 0 Å². The van der Waals surface area contributed by atoms with Gasteiger partial charge < -0.3 is 9.84 Å². The van der Waals surface area contributed by atoms with Crippen molar-refractivity contribution in [3.8, 4) is 5.75 Å². The molecule has 1 fully saturated rings. The lowest BCUT2D eigenvalue weighted by molar-refractivity contribution is 0.218. The maximum atomic E-state index is 10.7. The highest BCUT2D eigenvalue weighted by Crippen LogP contribution is 2.43. The van der Waals surface area contributed by atoms with Crippen LogP contribution in [0.3, 0.4) is 0 Å². The van der Waals surface area contributed by atoms with E-state index in [1.54, 1.807) is 0 Å². The second-order valence-electron chi connectivity index (χ2n) is 6.04. The van der Waals surface area contributed by atoms with Gasteiger partial charge in [0.2, 0.25) is 0 Å². The molecule has 0 bridgehead atoms. The van der Waals surface area contributed by atoms with Gasteiger partial charge in [0, 0.05) is 0 Å². The summed E-state index contributed by atoms with van der Waals surface area (Å²) in [4.78, 5) is 0. The molecule has 2 aromatic carbocycles. The molecule has 2 aromatic rings. The van der Waals surface area contributed by atoms with Crippen molar-refractivity contribution in [2.75, 3.05) is 0 Å². The van der Waals surface area contributed by atoms with Crippen molar-refractivity contribution >= 4 is 0 Å². The van der Waals surface area contributed by atoms with E-state index in [9.17, 15) is 5.11 Å². The molecule has 0 heterocycles.